The van der Waals surface area contributed by atoms with E-state index in [-0.39, 0.29) is 11.8 Å². The average Bonchev–Trinajstić information content (AvgIpc) is 3.01. The van der Waals surface area contributed by atoms with Crippen LogP contribution < -0.4 is 5.32 Å². The minimum Gasteiger partial charge on any atom is -0.383 e. The Morgan fingerprint density at radius 1 is 1.48 bits per heavy atom. The van der Waals surface area contributed by atoms with Crippen LogP contribution in [0.5, 0.6) is 0 Å². The molecule has 0 aliphatic carbocycles. The third kappa shape index (κ3) is 4.56. The molecule has 0 saturated carbocycles. The van der Waals surface area contributed by atoms with Crippen molar-refractivity contribution in [3.8, 4) is 0 Å². The number of hydrogen-bond donors (Lipinski definition) is 1. The third-order valence-corrected chi connectivity index (χ3v) is 5.28. The van der Waals surface area contributed by atoms with Gasteiger partial charge in [0.15, 0.2) is 0 Å². The molecule has 0 radical (unpaired) electrons. The maximum atomic E-state index is 12.4. The third-order valence-electron chi connectivity index (χ3n) is 5.28. The summed E-state index contributed by atoms with van der Waals surface area (Å²) in [7, 11) is 5.71. The van der Waals surface area contributed by atoms with Gasteiger partial charge in [0.25, 0.3) is 0 Å². The monoisotopic (exact) mass is 350 g/mol. The molecule has 0 spiro atoms. The molecule has 8 heteroatoms. The number of rotatable bonds is 8. The van der Waals surface area contributed by atoms with Crippen molar-refractivity contribution in [3.05, 3.63) is 11.9 Å². The van der Waals surface area contributed by atoms with E-state index >= 15 is 0 Å². The van der Waals surface area contributed by atoms with Crippen LogP contribution in [0.1, 0.15) is 18.5 Å². The lowest BCUT2D eigenvalue weighted by Crippen LogP contribution is -2.58. The molecular formula is C17H30N6O2. The summed E-state index contributed by atoms with van der Waals surface area (Å²) in [5.41, 5.74) is 0.997. The van der Waals surface area contributed by atoms with E-state index in [9.17, 15) is 4.79 Å². The molecule has 1 aromatic heterocycles. The van der Waals surface area contributed by atoms with E-state index in [0.717, 1.165) is 44.7 Å². The van der Waals surface area contributed by atoms with Gasteiger partial charge < -0.3 is 15.0 Å². The number of fused-ring (bicyclic) bond motifs is 3. The van der Waals surface area contributed by atoms with E-state index in [1.54, 1.807) is 7.11 Å². The Kier molecular flexibility index (Phi) is 6.03. The van der Waals surface area contributed by atoms with Crippen LogP contribution in [0.15, 0.2) is 6.20 Å². The molecule has 1 unspecified atom stereocenters. The van der Waals surface area contributed by atoms with E-state index in [1.165, 1.54) is 0 Å². The van der Waals surface area contributed by atoms with Crippen molar-refractivity contribution in [1.82, 2.24) is 30.1 Å². The van der Waals surface area contributed by atoms with Crippen LogP contribution >= 0.6 is 0 Å². The van der Waals surface area contributed by atoms with Crippen molar-refractivity contribution < 1.29 is 9.53 Å². The first-order valence-electron chi connectivity index (χ1n) is 9.11. The Morgan fingerprint density at radius 3 is 3.00 bits per heavy atom. The highest BCUT2D eigenvalue weighted by Gasteiger charge is 2.43. The summed E-state index contributed by atoms with van der Waals surface area (Å²) in [6.45, 7) is 4.76. The number of aromatic nitrogens is 3. The first-order valence-corrected chi connectivity index (χ1v) is 9.11. The zero-order valence-corrected chi connectivity index (χ0v) is 15.5. The fourth-order valence-electron chi connectivity index (χ4n) is 4.07. The largest absolute Gasteiger partial charge is 0.383 e. The fourth-order valence-corrected chi connectivity index (χ4v) is 4.07. The van der Waals surface area contributed by atoms with E-state index in [4.69, 9.17) is 4.74 Å². The Labute approximate surface area is 149 Å². The first kappa shape index (κ1) is 18.3. The number of amides is 1. The van der Waals surface area contributed by atoms with Crippen LogP contribution in [0.4, 0.5) is 0 Å². The van der Waals surface area contributed by atoms with Crippen molar-refractivity contribution in [2.45, 2.75) is 32.0 Å². The zero-order valence-electron chi connectivity index (χ0n) is 15.5. The van der Waals surface area contributed by atoms with E-state index in [0.29, 0.717) is 25.1 Å². The standard InChI is InChI=1S/C17H30N6O2/c1-21(2)9-14-10-23(20-19-14)11-15-8-13-4-6-22(15)12-16(13)17(24)18-5-7-25-3/h10,13,15-16H,4-9,11-12H2,1-3H3,(H,18,24)/t13-,15+,16-/m0/s1. The summed E-state index contributed by atoms with van der Waals surface area (Å²) in [6, 6.07) is 0.454. The number of piperidine rings is 3. The van der Waals surface area contributed by atoms with Gasteiger partial charge in [0.1, 0.15) is 0 Å². The molecule has 140 valence electrons. The second kappa shape index (κ2) is 8.25. The van der Waals surface area contributed by atoms with E-state index < -0.39 is 0 Å². The second-order valence-electron chi connectivity index (χ2n) is 7.49. The lowest BCUT2D eigenvalue weighted by molar-refractivity contribution is -0.133. The predicted molar refractivity (Wildman–Crippen MR) is 93.9 cm³/mol. The van der Waals surface area contributed by atoms with Gasteiger partial charge in [0.05, 0.1) is 24.8 Å². The molecule has 25 heavy (non-hydrogen) atoms. The van der Waals surface area contributed by atoms with Crippen molar-refractivity contribution in [3.63, 3.8) is 0 Å². The van der Waals surface area contributed by atoms with Gasteiger partial charge in [-0.15, -0.1) is 5.10 Å². The number of ether oxygens (including phenoxy) is 1. The van der Waals surface area contributed by atoms with Gasteiger partial charge in [0, 0.05) is 39.0 Å². The minimum atomic E-state index is 0.113. The van der Waals surface area contributed by atoms with Crippen molar-refractivity contribution in [2.75, 3.05) is 47.4 Å². The normalized spacial score (nSPS) is 28.5. The van der Waals surface area contributed by atoms with Gasteiger partial charge >= 0.3 is 0 Å². The molecule has 4 heterocycles. The Morgan fingerprint density at radius 2 is 2.32 bits per heavy atom. The highest BCUT2D eigenvalue weighted by Crippen LogP contribution is 2.36. The molecule has 3 fully saturated rings. The molecule has 2 bridgehead atoms. The van der Waals surface area contributed by atoms with Gasteiger partial charge in [-0.05, 0) is 39.4 Å². The van der Waals surface area contributed by atoms with Crippen LogP contribution in [0.25, 0.3) is 0 Å². The Hall–Kier alpha value is -1.51. The number of nitrogens with zero attached hydrogens (tertiary/aromatic N) is 5. The molecule has 8 nitrogen and oxygen atoms in total. The van der Waals surface area contributed by atoms with Gasteiger partial charge in [-0.25, -0.2) is 0 Å². The molecule has 3 saturated heterocycles. The molecule has 0 aromatic carbocycles. The maximum absolute atomic E-state index is 12.4. The van der Waals surface area contributed by atoms with Crippen LogP contribution in [-0.4, -0.2) is 84.2 Å². The van der Waals surface area contributed by atoms with Crippen molar-refractivity contribution >= 4 is 5.91 Å². The van der Waals surface area contributed by atoms with Gasteiger partial charge in [-0.3, -0.25) is 14.4 Å². The minimum absolute atomic E-state index is 0.113. The first-order chi connectivity index (χ1) is 12.1. The Balaban J connectivity index is 1.53. The van der Waals surface area contributed by atoms with E-state index in [2.05, 4.69) is 25.4 Å². The molecule has 4 atom stereocenters. The summed E-state index contributed by atoms with van der Waals surface area (Å²) >= 11 is 0. The number of carbonyl (C=O) groups excluding carboxylic acids is 1. The summed E-state index contributed by atoms with van der Waals surface area (Å²) in [5, 5.41) is 11.5. The summed E-state index contributed by atoms with van der Waals surface area (Å²) in [4.78, 5) is 17.0. The van der Waals surface area contributed by atoms with Crippen LogP contribution in [0, 0.1) is 11.8 Å². The molecule has 1 amide bonds. The highest BCUT2D eigenvalue weighted by molar-refractivity contribution is 5.79. The Bertz CT molecular complexity index is 575. The lowest BCUT2D eigenvalue weighted by Gasteiger charge is -2.49. The SMILES string of the molecule is COCCNC(=O)[C@H]1CN2CC[C@H]1C[C@@H]2Cn1cc(CN(C)C)nn1. The average molecular weight is 350 g/mol. The topological polar surface area (TPSA) is 75.5 Å². The quantitative estimate of drug-likeness (QED) is 0.655. The number of carbonyl (C=O) groups is 1. The number of nitrogens with one attached hydrogen (secondary N) is 1. The van der Waals surface area contributed by atoms with Gasteiger partial charge in [-0.1, -0.05) is 5.21 Å². The fraction of sp³-hybridized carbons (Fsp3) is 0.824. The summed E-state index contributed by atoms with van der Waals surface area (Å²) < 4.78 is 6.96. The molecule has 3 aliphatic rings. The van der Waals surface area contributed by atoms with Crippen LogP contribution in [0.2, 0.25) is 0 Å². The van der Waals surface area contributed by atoms with E-state index in [1.807, 2.05) is 25.0 Å². The van der Waals surface area contributed by atoms with Crippen LogP contribution in [0.3, 0.4) is 0 Å². The molecule has 1 N–H and O–H groups in total. The summed E-state index contributed by atoms with van der Waals surface area (Å²) in [6.07, 6.45) is 4.21. The maximum Gasteiger partial charge on any atom is 0.224 e. The van der Waals surface area contributed by atoms with Gasteiger partial charge in [-0.2, -0.15) is 0 Å². The molecule has 1 aromatic rings. The zero-order chi connectivity index (χ0) is 17.8. The van der Waals surface area contributed by atoms with Crippen molar-refractivity contribution in [2.24, 2.45) is 11.8 Å². The second-order valence-corrected chi connectivity index (χ2v) is 7.49. The van der Waals surface area contributed by atoms with Gasteiger partial charge in [0.2, 0.25) is 5.91 Å². The van der Waals surface area contributed by atoms with Crippen molar-refractivity contribution in [1.29, 1.82) is 0 Å². The highest BCUT2D eigenvalue weighted by atomic mass is 16.5. The smallest absolute Gasteiger partial charge is 0.224 e. The molecular weight excluding hydrogens is 320 g/mol. The lowest BCUT2D eigenvalue weighted by atomic mass is 9.75. The summed E-state index contributed by atoms with van der Waals surface area (Å²) in [5.74, 6) is 0.767. The number of hydrogen-bond acceptors (Lipinski definition) is 6. The predicted octanol–water partition coefficient (Wildman–Crippen LogP) is -0.187. The molecule has 4 rings (SSSR count). The number of methoxy groups -OCH3 is 1. The molecule has 3 aliphatic heterocycles. The van der Waals surface area contributed by atoms with Crippen LogP contribution in [-0.2, 0) is 22.6 Å².